The number of hydrogen-bond donors (Lipinski definition) is 3. The maximum atomic E-state index is 11.6. The summed E-state index contributed by atoms with van der Waals surface area (Å²) in [6.07, 6.45) is 2.20. The third kappa shape index (κ3) is 6.72. The molecule has 0 aromatic carbocycles. The van der Waals surface area contributed by atoms with Crippen LogP contribution in [0.1, 0.15) is 32.6 Å². The fourth-order valence-electron chi connectivity index (χ4n) is 1.33. The van der Waals surface area contributed by atoms with Gasteiger partial charge >= 0.3 is 18.0 Å². The summed E-state index contributed by atoms with van der Waals surface area (Å²) in [7, 11) is 1.55. The molecular weight excluding hydrogens is 240 g/mol. The van der Waals surface area contributed by atoms with Crippen molar-refractivity contribution in [3.8, 4) is 0 Å². The lowest BCUT2D eigenvalue weighted by atomic mass is 10.2. The molecule has 1 atom stereocenters. The first kappa shape index (κ1) is 16.2. The number of carbonyl (C=O) groups excluding carboxylic acids is 1. The highest BCUT2D eigenvalue weighted by Crippen LogP contribution is 1.99. The molecule has 104 valence electrons. The van der Waals surface area contributed by atoms with Crippen LogP contribution in [0.3, 0.4) is 0 Å². The first-order chi connectivity index (χ1) is 8.38. The van der Waals surface area contributed by atoms with Gasteiger partial charge in [-0.2, -0.15) is 0 Å². The maximum Gasteiger partial charge on any atom is 0.326 e. The molecule has 3 N–H and O–H groups in total. The zero-order chi connectivity index (χ0) is 14.1. The molecule has 0 aromatic heterocycles. The predicted molar refractivity (Wildman–Crippen MR) is 64.4 cm³/mol. The van der Waals surface area contributed by atoms with Crippen molar-refractivity contribution in [2.75, 3.05) is 13.6 Å². The first-order valence-corrected chi connectivity index (χ1v) is 5.84. The number of nitrogens with zero attached hydrogens (tertiary/aromatic N) is 1. The van der Waals surface area contributed by atoms with Crippen molar-refractivity contribution in [2.24, 2.45) is 0 Å². The average Bonchev–Trinajstić information content (AvgIpc) is 2.27. The number of nitrogens with one attached hydrogen (secondary N) is 1. The molecule has 0 radical (unpaired) electrons. The summed E-state index contributed by atoms with van der Waals surface area (Å²) in [6, 6.07) is -1.97. The Labute approximate surface area is 106 Å². The SMILES string of the molecule is CCCCCN(C)C(=O)NC(CC(=O)O)C(=O)O. The van der Waals surface area contributed by atoms with E-state index < -0.39 is 30.4 Å². The van der Waals surface area contributed by atoms with Gasteiger partial charge in [-0.15, -0.1) is 0 Å². The van der Waals surface area contributed by atoms with Crippen LogP contribution >= 0.6 is 0 Å². The molecule has 0 spiro atoms. The van der Waals surface area contributed by atoms with Crippen molar-refractivity contribution in [1.82, 2.24) is 10.2 Å². The lowest BCUT2D eigenvalue weighted by Crippen LogP contribution is -2.47. The van der Waals surface area contributed by atoms with Crippen LogP contribution in [0.25, 0.3) is 0 Å². The number of aliphatic carboxylic acids is 2. The largest absolute Gasteiger partial charge is 0.481 e. The molecule has 0 aliphatic rings. The number of carboxylic acids is 2. The van der Waals surface area contributed by atoms with E-state index in [1.54, 1.807) is 7.05 Å². The van der Waals surface area contributed by atoms with E-state index in [0.717, 1.165) is 19.3 Å². The summed E-state index contributed by atoms with van der Waals surface area (Å²) in [5.41, 5.74) is 0. The Morgan fingerprint density at radius 2 is 1.83 bits per heavy atom. The molecule has 0 aromatic rings. The number of unbranched alkanes of at least 4 members (excludes halogenated alkanes) is 2. The molecule has 0 heterocycles. The predicted octanol–water partition coefficient (Wildman–Crippen LogP) is 0.746. The molecule has 0 aliphatic carbocycles. The summed E-state index contributed by atoms with van der Waals surface area (Å²) in [5.74, 6) is -2.62. The third-order valence-electron chi connectivity index (χ3n) is 2.42. The topological polar surface area (TPSA) is 107 Å². The highest BCUT2D eigenvalue weighted by molar-refractivity contribution is 5.86. The summed E-state index contributed by atoms with van der Waals surface area (Å²) in [4.78, 5) is 34.2. The molecule has 0 saturated heterocycles. The van der Waals surface area contributed by atoms with E-state index in [9.17, 15) is 14.4 Å². The van der Waals surface area contributed by atoms with Crippen LogP contribution in [-0.4, -0.2) is 52.7 Å². The average molecular weight is 260 g/mol. The highest BCUT2D eigenvalue weighted by Gasteiger charge is 2.24. The summed E-state index contributed by atoms with van der Waals surface area (Å²) in [5, 5.41) is 19.5. The van der Waals surface area contributed by atoms with E-state index in [-0.39, 0.29) is 0 Å². The van der Waals surface area contributed by atoms with Crippen LogP contribution in [0.5, 0.6) is 0 Å². The fraction of sp³-hybridized carbons (Fsp3) is 0.727. The molecule has 0 rings (SSSR count). The molecule has 0 aliphatic heterocycles. The Hall–Kier alpha value is -1.79. The van der Waals surface area contributed by atoms with E-state index >= 15 is 0 Å². The van der Waals surface area contributed by atoms with Crippen LogP contribution in [0.4, 0.5) is 4.79 Å². The molecular formula is C11H20N2O5. The molecule has 0 fully saturated rings. The van der Waals surface area contributed by atoms with Crippen molar-refractivity contribution >= 4 is 18.0 Å². The van der Waals surface area contributed by atoms with Crippen molar-refractivity contribution < 1.29 is 24.6 Å². The van der Waals surface area contributed by atoms with Crippen molar-refractivity contribution in [3.63, 3.8) is 0 Å². The van der Waals surface area contributed by atoms with Gasteiger partial charge in [0.25, 0.3) is 0 Å². The standard InChI is InChI=1S/C11H20N2O5/c1-3-4-5-6-13(2)11(18)12-8(10(16)17)7-9(14)15/h8H,3-7H2,1-2H3,(H,12,18)(H,14,15)(H,16,17). The van der Waals surface area contributed by atoms with E-state index in [1.807, 2.05) is 6.92 Å². The first-order valence-electron chi connectivity index (χ1n) is 5.84. The zero-order valence-corrected chi connectivity index (χ0v) is 10.7. The number of carbonyl (C=O) groups is 3. The Balaban J connectivity index is 4.23. The molecule has 7 nitrogen and oxygen atoms in total. The van der Waals surface area contributed by atoms with Gasteiger partial charge in [0.15, 0.2) is 0 Å². The monoisotopic (exact) mass is 260 g/mol. The Kier molecular flexibility index (Phi) is 7.50. The molecule has 18 heavy (non-hydrogen) atoms. The van der Waals surface area contributed by atoms with Gasteiger partial charge in [-0.05, 0) is 6.42 Å². The van der Waals surface area contributed by atoms with Crippen molar-refractivity contribution in [3.05, 3.63) is 0 Å². The smallest absolute Gasteiger partial charge is 0.326 e. The number of hydrogen-bond acceptors (Lipinski definition) is 3. The lowest BCUT2D eigenvalue weighted by Gasteiger charge is -2.20. The van der Waals surface area contributed by atoms with E-state index in [1.165, 1.54) is 4.90 Å². The quantitative estimate of drug-likeness (QED) is 0.558. The Morgan fingerprint density at radius 1 is 1.22 bits per heavy atom. The van der Waals surface area contributed by atoms with Gasteiger partial charge in [-0.1, -0.05) is 19.8 Å². The zero-order valence-electron chi connectivity index (χ0n) is 10.7. The van der Waals surface area contributed by atoms with Gasteiger partial charge < -0.3 is 20.4 Å². The van der Waals surface area contributed by atoms with Gasteiger partial charge in [-0.3, -0.25) is 4.79 Å². The van der Waals surface area contributed by atoms with Gasteiger partial charge in [-0.25, -0.2) is 9.59 Å². The third-order valence-corrected chi connectivity index (χ3v) is 2.42. The molecule has 0 saturated carbocycles. The van der Waals surface area contributed by atoms with E-state index in [2.05, 4.69) is 5.32 Å². The van der Waals surface area contributed by atoms with E-state index in [0.29, 0.717) is 6.54 Å². The molecule has 2 amide bonds. The van der Waals surface area contributed by atoms with Crippen LogP contribution in [0.15, 0.2) is 0 Å². The summed E-state index contributed by atoms with van der Waals surface area (Å²) < 4.78 is 0. The van der Waals surface area contributed by atoms with E-state index in [4.69, 9.17) is 10.2 Å². The molecule has 7 heteroatoms. The normalized spacial score (nSPS) is 11.7. The minimum atomic E-state index is -1.40. The van der Waals surface area contributed by atoms with Crippen LogP contribution in [0.2, 0.25) is 0 Å². The summed E-state index contributed by atoms with van der Waals surface area (Å²) >= 11 is 0. The minimum Gasteiger partial charge on any atom is -0.481 e. The second kappa shape index (κ2) is 8.32. The number of amides is 2. The maximum absolute atomic E-state index is 11.6. The highest BCUT2D eigenvalue weighted by atomic mass is 16.4. The lowest BCUT2D eigenvalue weighted by molar-refractivity contribution is -0.145. The second-order valence-corrected chi connectivity index (χ2v) is 4.07. The van der Waals surface area contributed by atoms with Crippen LogP contribution < -0.4 is 5.32 Å². The molecule has 1 unspecified atom stereocenters. The minimum absolute atomic E-state index is 0.513. The van der Waals surface area contributed by atoms with Crippen LogP contribution in [0, 0.1) is 0 Å². The summed E-state index contributed by atoms with van der Waals surface area (Å²) in [6.45, 7) is 2.55. The number of rotatable bonds is 8. The molecule has 0 bridgehead atoms. The number of carboxylic acid groups (broad SMARTS) is 2. The van der Waals surface area contributed by atoms with Gasteiger partial charge in [0.2, 0.25) is 0 Å². The fourth-order valence-corrected chi connectivity index (χ4v) is 1.33. The van der Waals surface area contributed by atoms with Crippen LogP contribution in [-0.2, 0) is 9.59 Å². The Morgan fingerprint density at radius 3 is 2.28 bits per heavy atom. The van der Waals surface area contributed by atoms with Gasteiger partial charge in [0, 0.05) is 13.6 Å². The second-order valence-electron chi connectivity index (χ2n) is 4.07. The Bertz CT molecular complexity index is 306. The van der Waals surface area contributed by atoms with Gasteiger partial charge in [0.05, 0.1) is 6.42 Å². The number of urea groups is 1. The van der Waals surface area contributed by atoms with Crippen molar-refractivity contribution in [1.29, 1.82) is 0 Å². The van der Waals surface area contributed by atoms with Gasteiger partial charge in [0.1, 0.15) is 6.04 Å². The van der Waals surface area contributed by atoms with Crippen molar-refractivity contribution in [2.45, 2.75) is 38.6 Å².